The van der Waals surface area contributed by atoms with Gasteiger partial charge in [-0.2, -0.15) is 0 Å². The molecule has 1 saturated heterocycles. The highest BCUT2D eigenvalue weighted by Gasteiger charge is 2.38. The zero-order valence-corrected chi connectivity index (χ0v) is 9.90. The molecule has 0 aliphatic carbocycles. The van der Waals surface area contributed by atoms with E-state index < -0.39 is 12.0 Å². The minimum atomic E-state index is -0.895. The minimum Gasteiger partial charge on any atom is -0.480 e. The van der Waals surface area contributed by atoms with E-state index in [1.165, 1.54) is 4.90 Å². The van der Waals surface area contributed by atoms with Gasteiger partial charge in [0.1, 0.15) is 6.04 Å². The van der Waals surface area contributed by atoms with Gasteiger partial charge in [-0.1, -0.05) is 13.8 Å². The van der Waals surface area contributed by atoms with Crippen LogP contribution >= 0.6 is 0 Å². The number of rotatable bonds is 5. The molecule has 0 bridgehead atoms. The molecular formula is C11H20N2O3. The van der Waals surface area contributed by atoms with Gasteiger partial charge in [0.15, 0.2) is 0 Å². The van der Waals surface area contributed by atoms with Crippen LogP contribution in [0.25, 0.3) is 0 Å². The first-order valence-corrected chi connectivity index (χ1v) is 5.81. The first kappa shape index (κ1) is 13.0. The lowest BCUT2D eigenvalue weighted by Crippen LogP contribution is -2.46. The number of likely N-dealkylation sites (tertiary alicyclic amines) is 1. The molecule has 0 spiro atoms. The molecule has 2 atom stereocenters. The topological polar surface area (TPSA) is 69.6 Å². The highest BCUT2D eigenvalue weighted by atomic mass is 16.4. The average molecular weight is 228 g/mol. The van der Waals surface area contributed by atoms with E-state index in [1.807, 2.05) is 13.8 Å². The van der Waals surface area contributed by atoms with Crippen LogP contribution < -0.4 is 5.32 Å². The van der Waals surface area contributed by atoms with Gasteiger partial charge in [0.05, 0.1) is 6.54 Å². The van der Waals surface area contributed by atoms with Gasteiger partial charge in [-0.15, -0.1) is 0 Å². The van der Waals surface area contributed by atoms with Gasteiger partial charge in [0.25, 0.3) is 0 Å². The molecule has 2 unspecified atom stereocenters. The van der Waals surface area contributed by atoms with Gasteiger partial charge < -0.3 is 15.3 Å². The van der Waals surface area contributed by atoms with Crippen LogP contribution in [0.1, 0.15) is 26.7 Å². The van der Waals surface area contributed by atoms with Crippen molar-refractivity contribution < 1.29 is 14.7 Å². The predicted octanol–water partition coefficient (Wildman–Crippen LogP) is 0.308. The zero-order chi connectivity index (χ0) is 12.1. The Bertz CT molecular complexity index is 268. The van der Waals surface area contributed by atoms with E-state index in [0.717, 1.165) is 19.4 Å². The summed E-state index contributed by atoms with van der Waals surface area (Å²) in [6.07, 6.45) is 1.74. The van der Waals surface area contributed by atoms with Crippen molar-refractivity contribution in [3.05, 3.63) is 0 Å². The molecule has 1 aliphatic rings. The Morgan fingerprint density at radius 1 is 1.50 bits per heavy atom. The number of carbonyl (C=O) groups is 2. The average Bonchev–Trinajstić information content (AvgIpc) is 2.60. The fourth-order valence-electron chi connectivity index (χ4n) is 2.08. The fourth-order valence-corrected chi connectivity index (χ4v) is 2.08. The molecule has 16 heavy (non-hydrogen) atoms. The summed E-state index contributed by atoms with van der Waals surface area (Å²) in [4.78, 5) is 24.3. The number of nitrogens with one attached hydrogen (secondary N) is 1. The predicted molar refractivity (Wildman–Crippen MR) is 60.1 cm³/mol. The molecule has 0 aromatic carbocycles. The zero-order valence-electron chi connectivity index (χ0n) is 9.90. The Labute approximate surface area is 95.8 Å². The summed E-state index contributed by atoms with van der Waals surface area (Å²) in [6, 6.07) is -0.643. The lowest BCUT2D eigenvalue weighted by Gasteiger charge is -2.23. The maximum Gasteiger partial charge on any atom is 0.326 e. The lowest BCUT2D eigenvalue weighted by molar-refractivity contribution is -0.149. The van der Waals surface area contributed by atoms with Crippen LogP contribution in [0.2, 0.25) is 0 Å². The summed E-state index contributed by atoms with van der Waals surface area (Å²) in [6.45, 7) is 5.49. The molecule has 1 rings (SSSR count). The summed E-state index contributed by atoms with van der Waals surface area (Å²) in [5.41, 5.74) is 0. The Morgan fingerprint density at radius 2 is 2.19 bits per heavy atom. The minimum absolute atomic E-state index is 0.0487. The molecule has 2 N–H and O–H groups in total. The van der Waals surface area contributed by atoms with E-state index >= 15 is 0 Å². The maximum atomic E-state index is 11.8. The van der Waals surface area contributed by atoms with Gasteiger partial charge in [-0.25, -0.2) is 4.79 Å². The molecule has 5 nitrogen and oxygen atoms in total. The smallest absolute Gasteiger partial charge is 0.326 e. The molecule has 0 radical (unpaired) electrons. The quantitative estimate of drug-likeness (QED) is 0.664. The molecule has 5 heteroatoms. The number of hydrogen-bond acceptors (Lipinski definition) is 3. The maximum absolute atomic E-state index is 11.8. The normalized spacial score (nSPS) is 24.8. The SMILES string of the molecule is CCCNCC(=O)N1CCC(C)C1C(=O)O. The third-order valence-corrected chi connectivity index (χ3v) is 2.98. The van der Waals surface area contributed by atoms with Gasteiger partial charge in [-0.05, 0) is 25.3 Å². The first-order valence-electron chi connectivity index (χ1n) is 5.81. The molecule has 1 fully saturated rings. The van der Waals surface area contributed by atoms with E-state index in [-0.39, 0.29) is 18.4 Å². The van der Waals surface area contributed by atoms with Crippen LogP contribution in [0.3, 0.4) is 0 Å². The number of nitrogens with zero attached hydrogens (tertiary/aromatic N) is 1. The number of hydrogen-bond donors (Lipinski definition) is 2. The third kappa shape index (κ3) is 2.95. The van der Waals surface area contributed by atoms with Crippen molar-refractivity contribution in [2.45, 2.75) is 32.7 Å². The molecule has 1 heterocycles. The summed E-state index contributed by atoms with van der Waals surface area (Å²) in [5, 5.41) is 12.1. The van der Waals surface area contributed by atoms with Gasteiger partial charge in [0.2, 0.25) is 5.91 Å². The second-order valence-electron chi connectivity index (χ2n) is 4.31. The standard InChI is InChI=1S/C11H20N2O3/c1-3-5-12-7-9(14)13-6-4-8(2)10(13)11(15)16/h8,10,12H,3-7H2,1-2H3,(H,15,16). The molecule has 0 saturated carbocycles. The van der Waals surface area contributed by atoms with E-state index in [2.05, 4.69) is 5.32 Å². The van der Waals surface area contributed by atoms with Crippen LogP contribution in [0, 0.1) is 5.92 Å². The summed E-state index contributed by atoms with van der Waals surface area (Å²) in [5.74, 6) is -0.952. The summed E-state index contributed by atoms with van der Waals surface area (Å²) in [7, 11) is 0. The van der Waals surface area contributed by atoms with E-state index in [0.29, 0.717) is 6.54 Å². The van der Waals surface area contributed by atoms with Crippen molar-refractivity contribution in [3.63, 3.8) is 0 Å². The first-order chi connectivity index (χ1) is 7.57. The van der Waals surface area contributed by atoms with E-state index in [1.54, 1.807) is 0 Å². The lowest BCUT2D eigenvalue weighted by atomic mass is 10.0. The monoisotopic (exact) mass is 228 g/mol. The Morgan fingerprint density at radius 3 is 2.75 bits per heavy atom. The number of aliphatic carboxylic acids is 1. The molecule has 1 amide bonds. The molecular weight excluding hydrogens is 208 g/mol. The van der Waals surface area contributed by atoms with Crippen molar-refractivity contribution in [1.29, 1.82) is 0 Å². The second-order valence-corrected chi connectivity index (χ2v) is 4.31. The van der Waals surface area contributed by atoms with Gasteiger partial charge in [0, 0.05) is 6.54 Å². The second kappa shape index (κ2) is 5.84. The fraction of sp³-hybridized carbons (Fsp3) is 0.818. The van der Waals surface area contributed by atoms with E-state index in [4.69, 9.17) is 5.11 Å². The van der Waals surface area contributed by atoms with Crippen LogP contribution in [0.5, 0.6) is 0 Å². The highest BCUT2D eigenvalue weighted by molar-refractivity contribution is 5.85. The molecule has 0 aromatic rings. The molecule has 0 aromatic heterocycles. The van der Waals surface area contributed by atoms with Gasteiger partial charge >= 0.3 is 5.97 Å². The van der Waals surface area contributed by atoms with Crippen molar-refractivity contribution in [3.8, 4) is 0 Å². The number of carboxylic acids is 1. The number of carbonyl (C=O) groups excluding carboxylic acids is 1. The Hall–Kier alpha value is -1.10. The number of amides is 1. The van der Waals surface area contributed by atoms with Crippen LogP contribution in [-0.4, -0.2) is 47.6 Å². The van der Waals surface area contributed by atoms with Crippen molar-refractivity contribution in [2.75, 3.05) is 19.6 Å². The Balaban J connectivity index is 2.51. The van der Waals surface area contributed by atoms with Crippen molar-refractivity contribution in [1.82, 2.24) is 10.2 Å². The third-order valence-electron chi connectivity index (χ3n) is 2.98. The number of carboxylic acid groups (broad SMARTS) is 1. The van der Waals surface area contributed by atoms with Gasteiger partial charge in [-0.3, -0.25) is 4.79 Å². The summed E-state index contributed by atoms with van der Waals surface area (Å²) >= 11 is 0. The van der Waals surface area contributed by atoms with Crippen LogP contribution in [0.15, 0.2) is 0 Å². The van der Waals surface area contributed by atoms with E-state index in [9.17, 15) is 9.59 Å². The highest BCUT2D eigenvalue weighted by Crippen LogP contribution is 2.23. The van der Waals surface area contributed by atoms with Crippen molar-refractivity contribution in [2.24, 2.45) is 5.92 Å². The summed E-state index contributed by atoms with van der Waals surface area (Å²) < 4.78 is 0. The van der Waals surface area contributed by atoms with Crippen LogP contribution in [0.4, 0.5) is 0 Å². The molecule has 92 valence electrons. The van der Waals surface area contributed by atoms with Crippen molar-refractivity contribution >= 4 is 11.9 Å². The van der Waals surface area contributed by atoms with Crippen LogP contribution in [-0.2, 0) is 9.59 Å². The molecule has 1 aliphatic heterocycles. The largest absolute Gasteiger partial charge is 0.480 e. The Kier molecular flexibility index (Phi) is 4.73.